The Balaban J connectivity index is 1.62. The molecular formula is C20H26N4O4. The monoisotopic (exact) mass is 386 g/mol. The fraction of sp³-hybridized carbons (Fsp3) is 0.500. The first kappa shape index (κ1) is 19.9. The first-order chi connectivity index (χ1) is 13.5. The van der Waals surface area contributed by atoms with Crippen molar-refractivity contribution in [1.82, 2.24) is 19.8 Å². The molecule has 0 aliphatic carbocycles. The van der Waals surface area contributed by atoms with E-state index in [9.17, 15) is 19.2 Å². The van der Waals surface area contributed by atoms with Gasteiger partial charge in [0.05, 0.1) is 11.0 Å². The average Bonchev–Trinajstić information content (AvgIpc) is 2.90. The van der Waals surface area contributed by atoms with Crippen LogP contribution in [0, 0.1) is 0 Å². The summed E-state index contributed by atoms with van der Waals surface area (Å²) >= 11 is 0. The number of H-pyrrole nitrogens is 1. The second-order valence-electron chi connectivity index (χ2n) is 7.04. The number of benzene rings is 1. The molecule has 150 valence electrons. The van der Waals surface area contributed by atoms with Crippen molar-refractivity contribution in [3.8, 4) is 0 Å². The van der Waals surface area contributed by atoms with Gasteiger partial charge in [-0.25, -0.2) is 0 Å². The maximum atomic E-state index is 12.4. The Bertz CT molecular complexity index is 992. The van der Waals surface area contributed by atoms with E-state index in [-0.39, 0.29) is 11.8 Å². The van der Waals surface area contributed by atoms with E-state index in [1.165, 1.54) is 4.57 Å². The molecule has 1 aromatic carbocycles. The Hall–Kier alpha value is -2.90. The van der Waals surface area contributed by atoms with Crippen LogP contribution in [0.15, 0.2) is 27.8 Å². The third-order valence-corrected chi connectivity index (χ3v) is 5.12. The standard InChI is InChI=1S/C20H26N4O4/c1-2-24-16-9-8-14(13-15(16)22-19(27)20(24)28)18(26)21-10-6-12-23-11-5-3-4-7-17(23)25/h8-9,13H,2-7,10-12H2,1H3,(H,21,26)(H,22,27). The number of aromatic amines is 1. The minimum atomic E-state index is -0.700. The van der Waals surface area contributed by atoms with Crippen molar-refractivity contribution in [2.24, 2.45) is 0 Å². The van der Waals surface area contributed by atoms with Gasteiger partial charge >= 0.3 is 11.1 Å². The number of hydrogen-bond donors (Lipinski definition) is 2. The van der Waals surface area contributed by atoms with Crippen LogP contribution in [0.5, 0.6) is 0 Å². The van der Waals surface area contributed by atoms with Crippen LogP contribution in [0.3, 0.4) is 0 Å². The van der Waals surface area contributed by atoms with E-state index in [0.29, 0.717) is 49.1 Å². The van der Waals surface area contributed by atoms with Gasteiger partial charge in [-0.2, -0.15) is 0 Å². The normalized spacial score (nSPS) is 14.9. The number of hydrogen-bond acceptors (Lipinski definition) is 4. The minimum Gasteiger partial charge on any atom is -0.352 e. The number of carbonyl (C=O) groups is 2. The number of carbonyl (C=O) groups excluding carboxylic acids is 2. The predicted molar refractivity (Wildman–Crippen MR) is 107 cm³/mol. The number of aromatic nitrogens is 2. The zero-order chi connectivity index (χ0) is 20.1. The molecule has 0 unspecified atom stereocenters. The number of fused-ring (bicyclic) bond motifs is 1. The molecule has 1 saturated heterocycles. The highest BCUT2D eigenvalue weighted by molar-refractivity contribution is 5.97. The molecule has 2 aromatic rings. The molecular weight excluding hydrogens is 360 g/mol. The highest BCUT2D eigenvalue weighted by Crippen LogP contribution is 2.13. The summed E-state index contributed by atoms with van der Waals surface area (Å²) in [7, 11) is 0. The molecule has 0 saturated carbocycles. The van der Waals surface area contributed by atoms with E-state index in [4.69, 9.17) is 0 Å². The van der Waals surface area contributed by atoms with Crippen LogP contribution < -0.4 is 16.4 Å². The van der Waals surface area contributed by atoms with Crippen LogP contribution in [0.2, 0.25) is 0 Å². The van der Waals surface area contributed by atoms with E-state index in [2.05, 4.69) is 10.3 Å². The molecule has 0 radical (unpaired) electrons. The van der Waals surface area contributed by atoms with Crippen LogP contribution in [0.1, 0.15) is 49.4 Å². The van der Waals surface area contributed by atoms with E-state index < -0.39 is 11.1 Å². The summed E-state index contributed by atoms with van der Waals surface area (Å²) in [5.41, 5.74) is 0.150. The first-order valence-corrected chi connectivity index (χ1v) is 9.84. The Morgan fingerprint density at radius 2 is 2.00 bits per heavy atom. The number of rotatable bonds is 6. The van der Waals surface area contributed by atoms with Gasteiger partial charge in [0.25, 0.3) is 5.91 Å². The molecule has 2 heterocycles. The summed E-state index contributed by atoms with van der Waals surface area (Å²) in [5.74, 6) is -0.0523. The Labute approximate surface area is 162 Å². The lowest BCUT2D eigenvalue weighted by Crippen LogP contribution is -2.36. The molecule has 1 aliphatic heterocycles. The number of nitrogens with zero attached hydrogens (tertiary/aromatic N) is 2. The van der Waals surface area contributed by atoms with Gasteiger partial charge in [0.15, 0.2) is 0 Å². The van der Waals surface area contributed by atoms with Crippen LogP contribution in [0.25, 0.3) is 11.0 Å². The van der Waals surface area contributed by atoms with Crippen molar-refractivity contribution >= 4 is 22.8 Å². The van der Waals surface area contributed by atoms with Gasteiger partial charge in [-0.3, -0.25) is 19.2 Å². The zero-order valence-electron chi connectivity index (χ0n) is 16.1. The van der Waals surface area contributed by atoms with Crippen molar-refractivity contribution in [2.45, 2.75) is 45.6 Å². The largest absolute Gasteiger partial charge is 0.352 e. The highest BCUT2D eigenvalue weighted by Gasteiger charge is 2.16. The SMILES string of the molecule is CCn1c(=O)c(=O)[nH]c2cc(C(=O)NCCCN3CCCCCC3=O)ccc21. The van der Waals surface area contributed by atoms with E-state index in [1.54, 1.807) is 25.1 Å². The van der Waals surface area contributed by atoms with Gasteiger partial charge in [0, 0.05) is 38.2 Å². The van der Waals surface area contributed by atoms with Crippen LogP contribution in [0.4, 0.5) is 0 Å². The Morgan fingerprint density at radius 1 is 1.18 bits per heavy atom. The molecule has 0 spiro atoms. The maximum Gasteiger partial charge on any atom is 0.316 e. The van der Waals surface area contributed by atoms with E-state index in [0.717, 1.165) is 25.8 Å². The average molecular weight is 386 g/mol. The van der Waals surface area contributed by atoms with Crippen LogP contribution in [-0.4, -0.2) is 45.9 Å². The van der Waals surface area contributed by atoms with Crippen molar-refractivity contribution < 1.29 is 9.59 Å². The van der Waals surface area contributed by atoms with E-state index in [1.807, 2.05) is 4.90 Å². The fourth-order valence-electron chi connectivity index (χ4n) is 3.58. The van der Waals surface area contributed by atoms with Crippen molar-refractivity contribution in [2.75, 3.05) is 19.6 Å². The smallest absolute Gasteiger partial charge is 0.316 e. The van der Waals surface area contributed by atoms with Crippen LogP contribution in [-0.2, 0) is 11.3 Å². The summed E-state index contributed by atoms with van der Waals surface area (Å²) in [6, 6.07) is 4.89. The molecule has 8 heteroatoms. The number of nitrogens with one attached hydrogen (secondary N) is 2. The van der Waals surface area contributed by atoms with Gasteiger partial charge < -0.3 is 19.8 Å². The Kier molecular flexibility index (Phi) is 6.28. The van der Waals surface area contributed by atoms with Gasteiger partial charge in [0.2, 0.25) is 5.91 Å². The molecule has 1 aliphatic rings. The molecule has 2 amide bonds. The highest BCUT2D eigenvalue weighted by atomic mass is 16.2. The predicted octanol–water partition coefficient (Wildman–Crippen LogP) is 1.23. The summed E-state index contributed by atoms with van der Waals surface area (Å²) in [6.45, 7) is 4.07. The molecule has 0 atom stereocenters. The quantitative estimate of drug-likeness (QED) is 0.575. The molecule has 8 nitrogen and oxygen atoms in total. The third kappa shape index (κ3) is 4.32. The molecule has 3 rings (SSSR count). The second kappa shape index (κ2) is 8.86. The number of amides is 2. The topological polar surface area (TPSA) is 104 Å². The molecule has 2 N–H and O–H groups in total. The van der Waals surface area contributed by atoms with Crippen molar-refractivity contribution in [3.05, 3.63) is 44.5 Å². The second-order valence-corrected chi connectivity index (χ2v) is 7.04. The third-order valence-electron chi connectivity index (χ3n) is 5.12. The van der Waals surface area contributed by atoms with Gasteiger partial charge in [-0.05, 0) is 44.4 Å². The van der Waals surface area contributed by atoms with Gasteiger partial charge in [-0.1, -0.05) is 6.42 Å². The molecule has 1 fully saturated rings. The number of likely N-dealkylation sites (tertiary alicyclic amines) is 1. The lowest BCUT2D eigenvalue weighted by Gasteiger charge is -2.20. The lowest BCUT2D eigenvalue weighted by atomic mass is 10.1. The summed E-state index contributed by atoms with van der Waals surface area (Å²) < 4.78 is 1.38. The molecule has 1 aromatic heterocycles. The van der Waals surface area contributed by atoms with Crippen molar-refractivity contribution in [3.63, 3.8) is 0 Å². The summed E-state index contributed by atoms with van der Waals surface area (Å²) in [4.78, 5) is 52.5. The molecule has 0 bridgehead atoms. The van der Waals surface area contributed by atoms with Gasteiger partial charge in [0.1, 0.15) is 0 Å². The summed E-state index contributed by atoms with van der Waals surface area (Å²) in [5, 5.41) is 2.85. The minimum absolute atomic E-state index is 0.198. The fourth-order valence-corrected chi connectivity index (χ4v) is 3.58. The summed E-state index contributed by atoms with van der Waals surface area (Å²) in [6.07, 6.45) is 4.40. The Morgan fingerprint density at radius 3 is 2.79 bits per heavy atom. The zero-order valence-corrected chi connectivity index (χ0v) is 16.1. The molecule has 28 heavy (non-hydrogen) atoms. The van der Waals surface area contributed by atoms with Gasteiger partial charge in [-0.15, -0.1) is 0 Å². The van der Waals surface area contributed by atoms with Crippen molar-refractivity contribution in [1.29, 1.82) is 0 Å². The maximum absolute atomic E-state index is 12.4. The number of aryl methyl sites for hydroxylation is 1. The first-order valence-electron chi connectivity index (χ1n) is 9.84. The van der Waals surface area contributed by atoms with E-state index >= 15 is 0 Å². The van der Waals surface area contributed by atoms with Crippen LogP contribution >= 0.6 is 0 Å². The lowest BCUT2D eigenvalue weighted by molar-refractivity contribution is -0.130.